The molecule has 0 aliphatic carbocycles. The third-order valence-electron chi connectivity index (χ3n) is 2.99. The van der Waals surface area contributed by atoms with Crippen LogP contribution in [0.4, 0.5) is 11.4 Å². The van der Waals surface area contributed by atoms with Gasteiger partial charge in [-0.25, -0.2) is 0 Å². The highest BCUT2D eigenvalue weighted by molar-refractivity contribution is 6.39. The van der Waals surface area contributed by atoms with Crippen LogP contribution in [-0.4, -0.2) is 21.3 Å². The molecule has 0 spiro atoms. The Bertz CT molecular complexity index is 572. The zero-order valence-corrected chi connectivity index (χ0v) is 11.0. The highest BCUT2D eigenvalue weighted by Gasteiger charge is 2.21. The molecule has 1 aliphatic rings. The predicted molar refractivity (Wildman–Crippen MR) is 71.9 cm³/mol. The molecule has 5 nitrogen and oxygen atoms in total. The molecule has 0 saturated carbocycles. The first-order chi connectivity index (χ1) is 8.65. The Morgan fingerprint density at radius 2 is 1.89 bits per heavy atom. The van der Waals surface area contributed by atoms with Crippen molar-refractivity contribution in [2.24, 2.45) is 0 Å². The molecule has 0 fully saturated rings. The van der Waals surface area contributed by atoms with Crippen molar-refractivity contribution in [2.75, 3.05) is 17.2 Å². The van der Waals surface area contributed by atoms with E-state index in [0.29, 0.717) is 22.3 Å². The van der Waals surface area contributed by atoms with Gasteiger partial charge in [-0.2, -0.15) is 0 Å². The molecule has 0 atom stereocenters. The first-order valence-corrected chi connectivity index (χ1v) is 6.27. The molecule has 3 rings (SSSR count). The molecule has 0 saturated heterocycles. The quantitative estimate of drug-likeness (QED) is 0.815. The van der Waals surface area contributed by atoms with Crippen molar-refractivity contribution in [3.63, 3.8) is 0 Å². The molecule has 94 valence electrons. The zero-order chi connectivity index (χ0) is 12.7. The fourth-order valence-electron chi connectivity index (χ4n) is 2.14. The van der Waals surface area contributed by atoms with E-state index in [4.69, 9.17) is 28.9 Å². The maximum atomic E-state index is 6.22. The fourth-order valence-corrected chi connectivity index (χ4v) is 2.89. The summed E-state index contributed by atoms with van der Waals surface area (Å²) in [6, 6.07) is 3.42. The summed E-state index contributed by atoms with van der Waals surface area (Å²) in [5, 5.41) is 9.09. The van der Waals surface area contributed by atoms with Crippen LogP contribution in [0.15, 0.2) is 18.5 Å². The monoisotopic (exact) mass is 283 g/mol. The van der Waals surface area contributed by atoms with Gasteiger partial charge in [-0.1, -0.05) is 23.2 Å². The molecule has 2 aromatic rings. The lowest BCUT2D eigenvalue weighted by Gasteiger charge is -2.30. The van der Waals surface area contributed by atoms with Crippen molar-refractivity contribution in [3.8, 4) is 0 Å². The van der Waals surface area contributed by atoms with E-state index in [-0.39, 0.29) is 0 Å². The van der Waals surface area contributed by atoms with Gasteiger partial charge in [0.25, 0.3) is 0 Å². The number of nitrogen functional groups attached to an aromatic ring is 1. The minimum atomic E-state index is 0.563. The molecule has 0 radical (unpaired) electrons. The van der Waals surface area contributed by atoms with E-state index in [0.717, 1.165) is 24.6 Å². The van der Waals surface area contributed by atoms with Gasteiger partial charge in [0.1, 0.15) is 6.33 Å². The van der Waals surface area contributed by atoms with Crippen LogP contribution in [0.25, 0.3) is 0 Å². The summed E-state index contributed by atoms with van der Waals surface area (Å²) < 4.78 is 2.02. The van der Waals surface area contributed by atoms with E-state index >= 15 is 0 Å². The van der Waals surface area contributed by atoms with Gasteiger partial charge in [-0.15, -0.1) is 10.2 Å². The number of fused-ring (bicyclic) bond motifs is 1. The van der Waals surface area contributed by atoms with Gasteiger partial charge in [0.05, 0.1) is 22.3 Å². The first kappa shape index (κ1) is 11.6. The fraction of sp³-hybridized carbons (Fsp3) is 0.273. The summed E-state index contributed by atoms with van der Waals surface area (Å²) in [6.45, 7) is 2.27. The Morgan fingerprint density at radius 1 is 1.17 bits per heavy atom. The molecule has 0 amide bonds. The molecule has 18 heavy (non-hydrogen) atoms. The van der Waals surface area contributed by atoms with Gasteiger partial charge in [0.2, 0.25) is 0 Å². The number of halogens is 2. The van der Waals surface area contributed by atoms with Gasteiger partial charge >= 0.3 is 0 Å². The molecule has 2 heterocycles. The van der Waals surface area contributed by atoms with Gasteiger partial charge in [-0.3, -0.25) is 0 Å². The van der Waals surface area contributed by atoms with Crippen LogP contribution in [-0.2, 0) is 13.1 Å². The zero-order valence-electron chi connectivity index (χ0n) is 9.48. The average Bonchev–Trinajstić information content (AvgIpc) is 2.74. The van der Waals surface area contributed by atoms with Crippen molar-refractivity contribution in [3.05, 3.63) is 34.3 Å². The van der Waals surface area contributed by atoms with Gasteiger partial charge in [0, 0.05) is 18.8 Å². The number of aromatic nitrogens is 3. The molecule has 1 aromatic carbocycles. The average molecular weight is 284 g/mol. The molecular formula is C11H11Cl2N5. The smallest absolute Gasteiger partial charge is 0.152 e. The molecule has 7 heteroatoms. The Morgan fingerprint density at radius 3 is 2.61 bits per heavy atom. The topological polar surface area (TPSA) is 60.0 Å². The molecule has 1 aromatic heterocycles. The predicted octanol–water partition coefficient (Wildman–Crippen LogP) is 2.19. The maximum absolute atomic E-state index is 6.22. The Hall–Kier alpha value is -1.46. The number of nitrogens with zero attached hydrogens (tertiary/aromatic N) is 4. The lowest BCUT2D eigenvalue weighted by molar-refractivity contribution is 0.560. The van der Waals surface area contributed by atoms with Crippen LogP contribution >= 0.6 is 23.2 Å². The lowest BCUT2D eigenvalue weighted by Crippen LogP contribution is -2.34. The van der Waals surface area contributed by atoms with Crippen molar-refractivity contribution in [1.29, 1.82) is 0 Å². The first-order valence-electron chi connectivity index (χ1n) is 5.51. The third-order valence-corrected chi connectivity index (χ3v) is 3.57. The Labute approximate surface area is 114 Å². The third kappa shape index (κ3) is 1.89. The van der Waals surface area contributed by atoms with Crippen molar-refractivity contribution >= 4 is 34.6 Å². The van der Waals surface area contributed by atoms with E-state index in [1.807, 2.05) is 4.57 Å². The SMILES string of the molecule is Nc1cc(Cl)c(N2CCn3cnnc3C2)c(Cl)c1. The number of benzene rings is 1. The molecule has 0 unspecified atom stereocenters. The van der Waals surface area contributed by atoms with Crippen molar-refractivity contribution in [2.45, 2.75) is 13.1 Å². The number of hydrogen-bond donors (Lipinski definition) is 1. The number of nitrogens with two attached hydrogens (primary N) is 1. The molecule has 1 aliphatic heterocycles. The second-order valence-electron chi connectivity index (χ2n) is 4.20. The Kier molecular flexibility index (Phi) is 2.80. The van der Waals surface area contributed by atoms with Gasteiger partial charge in [0.15, 0.2) is 5.82 Å². The van der Waals surface area contributed by atoms with E-state index in [1.165, 1.54) is 0 Å². The summed E-state index contributed by atoms with van der Waals surface area (Å²) in [5.74, 6) is 0.908. The van der Waals surface area contributed by atoms with E-state index in [2.05, 4.69) is 15.1 Å². The van der Waals surface area contributed by atoms with Crippen LogP contribution in [0.5, 0.6) is 0 Å². The Balaban J connectivity index is 1.98. The summed E-state index contributed by atoms with van der Waals surface area (Å²) >= 11 is 12.4. The lowest BCUT2D eigenvalue weighted by atomic mass is 10.2. The summed E-state index contributed by atoms with van der Waals surface area (Å²) in [6.07, 6.45) is 1.73. The van der Waals surface area contributed by atoms with Crippen LogP contribution in [0.2, 0.25) is 10.0 Å². The van der Waals surface area contributed by atoms with Crippen molar-refractivity contribution < 1.29 is 0 Å². The largest absolute Gasteiger partial charge is 0.399 e. The molecular weight excluding hydrogens is 273 g/mol. The standard InChI is InChI=1S/C11H11Cl2N5/c12-8-3-7(14)4-9(13)11(8)17-1-2-18-6-15-16-10(18)5-17/h3-4,6H,1-2,5,14H2. The number of anilines is 2. The van der Waals surface area contributed by atoms with Crippen LogP contribution in [0.3, 0.4) is 0 Å². The number of rotatable bonds is 1. The normalized spacial score (nSPS) is 14.7. The molecule has 0 bridgehead atoms. The molecule has 2 N–H and O–H groups in total. The van der Waals surface area contributed by atoms with E-state index < -0.39 is 0 Å². The second kappa shape index (κ2) is 4.33. The number of hydrogen-bond acceptors (Lipinski definition) is 4. The van der Waals surface area contributed by atoms with Crippen LogP contribution < -0.4 is 10.6 Å². The maximum Gasteiger partial charge on any atom is 0.152 e. The highest BCUT2D eigenvalue weighted by Crippen LogP contribution is 2.37. The minimum absolute atomic E-state index is 0.563. The van der Waals surface area contributed by atoms with E-state index in [9.17, 15) is 0 Å². The van der Waals surface area contributed by atoms with Crippen LogP contribution in [0, 0.1) is 0 Å². The highest BCUT2D eigenvalue weighted by atomic mass is 35.5. The van der Waals surface area contributed by atoms with Crippen molar-refractivity contribution in [1.82, 2.24) is 14.8 Å². The van der Waals surface area contributed by atoms with E-state index in [1.54, 1.807) is 18.5 Å². The van der Waals surface area contributed by atoms with Gasteiger partial charge in [-0.05, 0) is 12.1 Å². The second-order valence-corrected chi connectivity index (χ2v) is 5.01. The minimum Gasteiger partial charge on any atom is -0.399 e. The van der Waals surface area contributed by atoms with Crippen LogP contribution in [0.1, 0.15) is 5.82 Å². The summed E-state index contributed by atoms with van der Waals surface area (Å²) in [4.78, 5) is 2.09. The van der Waals surface area contributed by atoms with Gasteiger partial charge < -0.3 is 15.2 Å². The summed E-state index contributed by atoms with van der Waals surface area (Å²) in [7, 11) is 0. The summed E-state index contributed by atoms with van der Waals surface area (Å²) in [5.41, 5.74) is 7.08.